The zero-order valence-corrected chi connectivity index (χ0v) is 16.1. The van der Waals surface area contributed by atoms with Crippen LogP contribution in [0.15, 0.2) is 66.1 Å². The Bertz CT molecular complexity index is 882. The molecule has 1 atom stereocenters. The summed E-state index contributed by atoms with van der Waals surface area (Å²) < 4.78 is 7.54. The lowest BCUT2D eigenvalue weighted by atomic mass is 10.1. The predicted octanol–water partition coefficient (Wildman–Crippen LogP) is 4.17. The van der Waals surface area contributed by atoms with Crippen molar-refractivity contribution >= 4 is 23.4 Å². The maximum Gasteiger partial charge on any atom is 0.242 e. The molecular formula is C20H22N4O2S. The van der Waals surface area contributed by atoms with Gasteiger partial charge >= 0.3 is 0 Å². The number of carbonyl (C=O) groups is 1. The van der Waals surface area contributed by atoms with Crippen LogP contribution in [0.2, 0.25) is 0 Å². The summed E-state index contributed by atoms with van der Waals surface area (Å²) in [7, 11) is 0. The molecule has 0 saturated heterocycles. The van der Waals surface area contributed by atoms with Crippen molar-refractivity contribution in [1.82, 2.24) is 14.8 Å². The second-order valence-corrected chi connectivity index (χ2v) is 6.80. The zero-order valence-electron chi connectivity index (χ0n) is 15.3. The molecule has 1 heterocycles. The number of nitrogens with zero attached hydrogens (tertiary/aromatic N) is 3. The highest BCUT2D eigenvalue weighted by Crippen LogP contribution is 2.36. The van der Waals surface area contributed by atoms with E-state index in [1.54, 1.807) is 6.33 Å². The Labute approximate surface area is 163 Å². The maximum atomic E-state index is 13.2. The maximum absolute atomic E-state index is 13.2. The summed E-state index contributed by atoms with van der Waals surface area (Å²) in [6.45, 7) is 5.21. The van der Waals surface area contributed by atoms with E-state index in [0.29, 0.717) is 23.2 Å². The SMILES string of the molecule is CCOc1ccccc1NC(=O)C(Sc1nncn1CC)c1ccccc1. The second-order valence-electron chi connectivity index (χ2n) is 5.73. The number of carbonyl (C=O) groups excluding carboxylic acids is 1. The van der Waals surface area contributed by atoms with Crippen molar-refractivity contribution in [2.45, 2.75) is 30.8 Å². The van der Waals surface area contributed by atoms with E-state index < -0.39 is 5.25 Å². The first-order valence-electron chi connectivity index (χ1n) is 8.85. The summed E-state index contributed by atoms with van der Waals surface area (Å²) in [6, 6.07) is 17.1. The Morgan fingerprint density at radius 1 is 1.15 bits per heavy atom. The van der Waals surface area contributed by atoms with E-state index in [1.165, 1.54) is 11.8 Å². The van der Waals surface area contributed by atoms with Gasteiger partial charge in [-0.15, -0.1) is 10.2 Å². The first kappa shape index (κ1) is 19.0. The largest absolute Gasteiger partial charge is 0.492 e. The van der Waals surface area contributed by atoms with Gasteiger partial charge in [-0.3, -0.25) is 4.79 Å². The third-order valence-electron chi connectivity index (χ3n) is 3.93. The van der Waals surface area contributed by atoms with Crippen LogP contribution >= 0.6 is 11.8 Å². The second kappa shape index (κ2) is 9.23. The van der Waals surface area contributed by atoms with Gasteiger partial charge in [-0.2, -0.15) is 0 Å². The minimum absolute atomic E-state index is 0.135. The van der Waals surface area contributed by atoms with Crippen molar-refractivity contribution in [3.8, 4) is 5.75 Å². The number of hydrogen-bond donors (Lipinski definition) is 1. The Kier molecular flexibility index (Phi) is 6.49. The number of para-hydroxylation sites is 2. The van der Waals surface area contributed by atoms with Gasteiger partial charge in [0.15, 0.2) is 5.16 Å². The average molecular weight is 382 g/mol. The monoisotopic (exact) mass is 382 g/mol. The molecule has 0 fully saturated rings. The van der Waals surface area contributed by atoms with Crippen LogP contribution < -0.4 is 10.1 Å². The van der Waals surface area contributed by atoms with Gasteiger partial charge in [-0.05, 0) is 31.5 Å². The van der Waals surface area contributed by atoms with Gasteiger partial charge in [0.05, 0.1) is 12.3 Å². The minimum Gasteiger partial charge on any atom is -0.492 e. The number of rotatable bonds is 8. The lowest BCUT2D eigenvalue weighted by Gasteiger charge is -2.18. The summed E-state index contributed by atoms with van der Waals surface area (Å²) in [5, 5.41) is 11.4. The van der Waals surface area contributed by atoms with Gasteiger partial charge in [0.25, 0.3) is 0 Å². The smallest absolute Gasteiger partial charge is 0.242 e. The molecule has 0 radical (unpaired) electrons. The molecule has 0 bridgehead atoms. The molecule has 0 aliphatic heterocycles. The first-order chi connectivity index (χ1) is 13.2. The minimum atomic E-state index is -0.463. The zero-order chi connectivity index (χ0) is 19.1. The number of aryl methyl sites for hydroxylation is 1. The summed E-state index contributed by atoms with van der Waals surface area (Å²) in [5.74, 6) is 0.519. The molecule has 27 heavy (non-hydrogen) atoms. The van der Waals surface area contributed by atoms with E-state index >= 15 is 0 Å². The van der Waals surface area contributed by atoms with Crippen LogP contribution in [0.5, 0.6) is 5.75 Å². The third kappa shape index (κ3) is 4.68. The Morgan fingerprint density at radius 3 is 2.63 bits per heavy atom. The quantitative estimate of drug-likeness (QED) is 0.592. The molecule has 1 amide bonds. The average Bonchev–Trinajstić information content (AvgIpc) is 3.15. The highest BCUT2D eigenvalue weighted by molar-refractivity contribution is 8.00. The van der Waals surface area contributed by atoms with Gasteiger partial charge < -0.3 is 14.6 Å². The van der Waals surface area contributed by atoms with Crippen molar-refractivity contribution in [1.29, 1.82) is 0 Å². The van der Waals surface area contributed by atoms with Crippen LogP contribution in [0.3, 0.4) is 0 Å². The summed E-state index contributed by atoms with van der Waals surface area (Å²) in [6.07, 6.45) is 1.67. The van der Waals surface area contributed by atoms with Crippen molar-refractivity contribution in [3.05, 3.63) is 66.5 Å². The molecular weight excluding hydrogens is 360 g/mol. The molecule has 1 unspecified atom stereocenters. The number of anilines is 1. The Balaban J connectivity index is 1.88. The summed E-state index contributed by atoms with van der Waals surface area (Å²) in [5.41, 5.74) is 1.56. The molecule has 3 rings (SSSR count). The third-order valence-corrected chi connectivity index (χ3v) is 5.18. The van der Waals surface area contributed by atoms with Crippen LogP contribution in [0.25, 0.3) is 0 Å². The summed E-state index contributed by atoms with van der Waals surface area (Å²) >= 11 is 1.38. The Hall–Kier alpha value is -2.80. The fourth-order valence-corrected chi connectivity index (χ4v) is 3.68. The van der Waals surface area contributed by atoms with Crippen LogP contribution in [0.1, 0.15) is 24.7 Å². The van der Waals surface area contributed by atoms with E-state index in [9.17, 15) is 4.79 Å². The normalized spacial score (nSPS) is 11.8. The number of nitrogens with one attached hydrogen (secondary N) is 1. The topological polar surface area (TPSA) is 69.0 Å². The molecule has 0 saturated carbocycles. The van der Waals surface area contributed by atoms with Crippen molar-refractivity contribution in [3.63, 3.8) is 0 Å². The van der Waals surface area contributed by atoms with E-state index in [4.69, 9.17) is 4.74 Å². The van der Waals surface area contributed by atoms with Crippen LogP contribution in [-0.2, 0) is 11.3 Å². The highest BCUT2D eigenvalue weighted by Gasteiger charge is 2.25. The van der Waals surface area contributed by atoms with Crippen LogP contribution in [0, 0.1) is 0 Å². The van der Waals surface area contributed by atoms with Crippen LogP contribution in [0.4, 0.5) is 5.69 Å². The van der Waals surface area contributed by atoms with Gasteiger partial charge in [-0.25, -0.2) is 0 Å². The molecule has 0 aliphatic carbocycles. The van der Waals surface area contributed by atoms with E-state index in [-0.39, 0.29) is 5.91 Å². The number of ether oxygens (including phenoxy) is 1. The molecule has 6 nitrogen and oxygen atoms in total. The first-order valence-corrected chi connectivity index (χ1v) is 9.73. The number of benzene rings is 2. The molecule has 140 valence electrons. The van der Waals surface area contributed by atoms with E-state index in [0.717, 1.165) is 12.1 Å². The number of aromatic nitrogens is 3. The molecule has 1 aromatic heterocycles. The van der Waals surface area contributed by atoms with Gasteiger partial charge in [0.2, 0.25) is 5.91 Å². The fourth-order valence-electron chi connectivity index (χ4n) is 2.61. The lowest BCUT2D eigenvalue weighted by molar-refractivity contribution is -0.115. The number of thioether (sulfide) groups is 1. The molecule has 7 heteroatoms. The van der Waals surface area contributed by atoms with E-state index in [1.807, 2.05) is 73.0 Å². The van der Waals surface area contributed by atoms with Crippen LogP contribution in [-0.4, -0.2) is 27.3 Å². The van der Waals surface area contributed by atoms with E-state index in [2.05, 4.69) is 15.5 Å². The Morgan fingerprint density at radius 2 is 1.89 bits per heavy atom. The molecule has 0 spiro atoms. The summed E-state index contributed by atoms with van der Waals surface area (Å²) in [4.78, 5) is 13.2. The van der Waals surface area contributed by atoms with Gasteiger partial charge in [0, 0.05) is 6.54 Å². The van der Waals surface area contributed by atoms with Gasteiger partial charge in [-0.1, -0.05) is 54.2 Å². The molecule has 2 aromatic carbocycles. The van der Waals surface area contributed by atoms with Gasteiger partial charge in [0.1, 0.15) is 17.3 Å². The lowest BCUT2D eigenvalue weighted by Crippen LogP contribution is -2.20. The highest BCUT2D eigenvalue weighted by atomic mass is 32.2. The molecule has 1 N–H and O–H groups in total. The number of amides is 1. The molecule has 0 aliphatic rings. The van der Waals surface area contributed by atoms with Crippen molar-refractivity contribution < 1.29 is 9.53 Å². The van der Waals surface area contributed by atoms with Crippen molar-refractivity contribution in [2.75, 3.05) is 11.9 Å². The number of hydrogen-bond acceptors (Lipinski definition) is 5. The fraction of sp³-hybridized carbons (Fsp3) is 0.250. The standard InChI is InChI=1S/C20H22N4O2S/c1-3-24-14-21-23-20(24)27-18(15-10-6-5-7-11-15)19(25)22-16-12-8-9-13-17(16)26-4-2/h5-14,18H,3-4H2,1-2H3,(H,22,25). The predicted molar refractivity (Wildman–Crippen MR) is 107 cm³/mol. The van der Waals surface area contributed by atoms with Crippen molar-refractivity contribution in [2.24, 2.45) is 0 Å². The molecule has 3 aromatic rings.